The van der Waals surface area contributed by atoms with E-state index in [0.717, 1.165) is 13.4 Å². The molecule has 0 rings (SSSR count). The van der Waals surface area contributed by atoms with E-state index in [1.165, 1.54) is 0 Å². The van der Waals surface area contributed by atoms with Crippen molar-refractivity contribution >= 4 is 23.9 Å². The molecule has 0 aromatic carbocycles. The summed E-state index contributed by atoms with van der Waals surface area (Å²) in [6.07, 6.45) is 1.53. The minimum Gasteiger partial charge on any atom is -0.400 e. The van der Waals surface area contributed by atoms with Gasteiger partial charge < -0.3 is 44.8 Å². The van der Waals surface area contributed by atoms with E-state index >= 15 is 0 Å². The van der Waals surface area contributed by atoms with E-state index in [9.17, 15) is 19.2 Å². The molecule has 0 bridgehead atoms. The third-order valence-electron chi connectivity index (χ3n) is 4.40. The minimum absolute atomic E-state index is 0.0378. The van der Waals surface area contributed by atoms with Crippen molar-refractivity contribution in [2.75, 3.05) is 73.1 Å². The van der Waals surface area contributed by atoms with Crippen LogP contribution in [0.5, 0.6) is 0 Å². The molecule has 0 saturated carbocycles. The zero-order valence-electron chi connectivity index (χ0n) is 22.5. The van der Waals surface area contributed by atoms with Crippen molar-refractivity contribution in [1.29, 1.82) is 0 Å². The van der Waals surface area contributed by atoms with Crippen molar-refractivity contribution in [2.45, 2.75) is 52.6 Å². The molecule has 0 spiro atoms. The van der Waals surface area contributed by atoms with Crippen LogP contribution in [0, 0.1) is 5.92 Å². The van der Waals surface area contributed by atoms with Crippen molar-refractivity contribution < 1.29 is 43.2 Å². The Morgan fingerprint density at radius 3 is 1.75 bits per heavy atom. The molecule has 0 radical (unpaired) electrons. The number of carbonyl (C=O) groups is 4. The van der Waals surface area contributed by atoms with Gasteiger partial charge in [0, 0.05) is 38.6 Å². The van der Waals surface area contributed by atoms with E-state index in [4.69, 9.17) is 24.1 Å². The third kappa shape index (κ3) is 25.1. The quantitative estimate of drug-likeness (QED) is 0.102. The van der Waals surface area contributed by atoms with Crippen molar-refractivity contribution in [3.8, 4) is 0 Å². The molecule has 1 atom stereocenters. The Morgan fingerprint density at radius 1 is 0.750 bits per heavy atom. The number of aliphatic hydroxyl groups excluding tert-OH is 1. The Morgan fingerprint density at radius 2 is 1.25 bits per heavy atom. The van der Waals surface area contributed by atoms with Crippen molar-refractivity contribution in [2.24, 2.45) is 5.92 Å². The highest BCUT2D eigenvalue weighted by Gasteiger charge is 2.11. The number of nitrogens with one attached hydrogen (secondary N) is 3. The summed E-state index contributed by atoms with van der Waals surface area (Å²) in [7, 11) is 1.00. The molecule has 12 nitrogen and oxygen atoms in total. The van der Waals surface area contributed by atoms with Crippen LogP contribution in [0.1, 0.15) is 40.5 Å². The standard InChI is InChI=1S/C23H43N3O8.CH4O/c1-18(2)21(28)16-33-13-11-32-10-8-25-23(30)17-34-14-12-31-9-7-24-22(29)6-5-20(15-27)26-19(3)4;1-2/h15,18-20,26H,5-14,16-17H2,1-4H3,(H,24,29)(H,25,30);2H,1H3. The van der Waals surface area contributed by atoms with Gasteiger partial charge in [0.1, 0.15) is 19.5 Å². The highest BCUT2D eigenvalue weighted by Crippen LogP contribution is 1.97. The molecule has 12 heteroatoms. The topological polar surface area (TPSA) is 162 Å². The number of carbonyl (C=O) groups excluding carboxylic acids is 4. The number of hydrogen-bond acceptors (Lipinski definition) is 10. The predicted octanol–water partition coefficient (Wildman–Crippen LogP) is -0.535. The number of aliphatic hydroxyl groups is 1. The van der Waals surface area contributed by atoms with Gasteiger partial charge in [0.25, 0.3) is 0 Å². The van der Waals surface area contributed by atoms with Crippen molar-refractivity contribution in [3.63, 3.8) is 0 Å². The zero-order valence-corrected chi connectivity index (χ0v) is 22.5. The number of ether oxygens (including phenoxy) is 4. The molecule has 36 heavy (non-hydrogen) atoms. The summed E-state index contributed by atoms with van der Waals surface area (Å²) in [4.78, 5) is 45.7. The summed E-state index contributed by atoms with van der Waals surface area (Å²) in [6, 6.07) is -0.144. The first kappa shape index (κ1) is 36.2. The molecular formula is C24H47N3O9. The lowest BCUT2D eigenvalue weighted by Crippen LogP contribution is -2.37. The van der Waals surface area contributed by atoms with Gasteiger partial charge in [-0.15, -0.1) is 0 Å². The maximum absolute atomic E-state index is 11.8. The summed E-state index contributed by atoms with van der Waals surface area (Å²) >= 11 is 0. The van der Waals surface area contributed by atoms with Crippen LogP contribution in [0.2, 0.25) is 0 Å². The van der Waals surface area contributed by atoms with Gasteiger partial charge in [-0.25, -0.2) is 0 Å². The second-order valence-corrected chi connectivity index (χ2v) is 8.25. The summed E-state index contributed by atoms with van der Waals surface area (Å²) in [5.74, 6) is -0.369. The van der Waals surface area contributed by atoms with Gasteiger partial charge in [-0.1, -0.05) is 27.7 Å². The fourth-order valence-electron chi connectivity index (χ4n) is 2.51. The number of amides is 2. The van der Waals surface area contributed by atoms with Crippen LogP contribution in [-0.4, -0.2) is 114 Å². The molecule has 0 aliphatic rings. The second-order valence-electron chi connectivity index (χ2n) is 8.25. The van der Waals surface area contributed by atoms with Crippen LogP contribution in [0.25, 0.3) is 0 Å². The fourth-order valence-corrected chi connectivity index (χ4v) is 2.51. The van der Waals surface area contributed by atoms with Crippen LogP contribution in [0.15, 0.2) is 0 Å². The molecule has 2 amide bonds. The molecule has 0 aromatic heterocycles. The Kier molecular flexibility index (Phi) is 26.3. The van der Waals surface area contributed by atoms with Gasteiger partial charge in [-0.3, -0.25) is 14.4 Å². The number of hydrogen-bond donors (Lipinski definition) is 4. The smallest absolute Gasteiger partial charge is 0.246 e. The lowest BCUT2D eigenvalue weighted by Gasteiger charge is -2.15. The van der Waals surface area contributed by atoms with E-state index in [1.807, 2.05) is 27.7 Å². The van der Waals surface area contributed by atoms with E-state index in [2.05, 4.69) is 16.0 Å². The van der Waals surface area contributed by atoms with Crippen LogP contribution < -0.4 is 16.0 Å². The maximum Gasteiger partial charge on any atom is 0.246 e. The molecule has 0 aliphatic heterocycles. The third-order valence-corrected chi connectivity index (χ3v) is 4.40. The lowest BCUT2D eigenvalue weighted by atomic mass is 10.1. The number of aldehydes is 1. The first-order valence-electron chi connectivity index (χ1n) is 12.3. The van der Waals surface area contributed by atoms with Crippen LogP contribution in [0.4, 0.5) is 0 Å². The lowest BCUT2D eigenvalue weighted by molar-refractivity contribution is -0.128. The minimum atomic E-state index is -0.323. The van der Waals surface area contributed by atoms with Crippen molar-refractivity contribution in [3.05, 3.63) is 0 Å². The highest BCUT2D eigenvalue weighted by atomic mass is 16.5. The Labute approximate surface area is 215 Å². The molecular weight excluding hydrogens is 474 g/mol. The summed E-state index contributed by atoms with van der Waals surface area (Å²) < 4.78 is 21.1. The molecule has 1 unspecified atom stereocenters. The van der Waals surface area contributed by atoms with Crippen molar-refractivity contribution in [1.82, 2.24) is 16.0 Å². The first-order chi connectivity index (χ1) is 17.3. The normalized spacial score (nSPS) is 11.6. The largest absolute Gasteiger partial charge is 0.400 e. The SMILES string of the molecule is CC(C)NC(C=O)CCC(=O)NCCOCCOCC(=O)NCCOCCOCC(=O)C(C)C.CO. The van der Waals surface area contributed by atoms with E-state index in [-0.39, 0.29) is 61.8 Å². The van der Waals surface area contributed by atoms with Gasteiger partial charge in [-0.05, 0) is 6.42 Å². The van der Waals surface area contributed by atoms with Gasteiger partial charge in [0.05, 0.1) is 45.7 Å². The molecule has 212 valence electrons. The van der Waals surface area contributed by atoms with Gasteiger partial charge in [0.15, 0.2) is 5.78 Å². The summed E-state index contributed by atoms with van der Waals surface area (Å²) in [5, 5.41) is 15.5. The average Bonchev–Trinajstić information content (AvgIpc) is 2.85. The molecule has 0 aliphatic carbocycles. The number of Topliss-reactive ketones (excluding diaryl/α,β-unsaturated/α-hetero) is 1. The summed E-state index contributed by atoms with van der Waals surface area (Å²) in [5.41, 5.74) is 0. The van der Waals surface area contributed by atoms with Crippen LogP contribution in [0.3, 0.4) is 0 Å². The molecule has 4 N–H and O–H groups in total. The van der Waals surface area contributed by atoms with E-state index < -0.39 is 0 Å². The van der Waals surface area contributed by atoms with Crippen LogP contribution >= 0.6 is 0 Å². The number of rotatable bonds is 23. The molecule has 0 saturated heterocycles. The molecule has 0 fully saturated rings. The van der Waals surface area contributed by atoms with E-state index in [0.29, 0.717) is 52.5 Å². The Balaban J connectivity index is 0. The van der Waals surface area contributed by atoms with Crippen LogP contribution in [-0.2, 0) is 38.1 Å². The highest BCUT2D eigenvalue weighted by molar-refractivity contribution is 5.81. The van der Waals surface area contributed by atoms with Gasteiger partial charge >= 0.3 is 0 Å². The van der Waals surface area contributed by atoms with Gasteiger partial charge in [0.2, 0.25) is 11.8 Å². The maximum atomic E-state index is 11.8. The first-order valence-corrected chi connectivity index (χ1v) is 12.3. The summed E-state index contributed by atoms with van der Waals surface area (Å²) in [6.45, 7) is 10.2. The average molecular weight is 522 g/mol. The molecule has 0 aromatic rings. The number of ketones is 1. The fraction of sp³-hybridized carbons (Fsp3) is 0.833. The Bertz CT molecular complexity index is 575. The predicted molar refractivity (Wildman–Crippen MR) is 135 cm³/mol. The zero-order chi connectivity index (χ0) is 27.6. The van der Waals surface area contributed by atoms with Gasteiger partial charge in [-0.2, -0.15) is 0 Å². The van der Waals surface area contributed by atoms with E-state index in [1.54, 1.807) is 0 Å². The second kappa shape index (κ2) is 26.1. The molecule has 0 heterocycles. The Hall–Kier alpha value is -1.96. The monoisotopic (exact) mass is 521 g/mol.